The first-order valence-electron chi connectivity index (χ1n) is 11.3. The molecular weight excluding hydrogens is 448 g/mol. The summed E-state index contributed by atoms with van der Waals surface area (Å²) in [5.41, 5.74) is -0.335. The van der Waals surface area contributed by atoms with E-state index in [4.69, 9.17) is 19.0 Å². The van der Waals surface area contributed by atoms with Gasteiger partial charge in [-0.05, 0) is 34.1 Å². The third-order valence-corrected chi connectivity index (χ3v) is 7.95. The molecule has 2 aromatic rings. The Bertz CT molecular complexity index is 1030. The summed E-state index contributed by atoms with van der Waals surface area (Å²) < 4.78 is 37.4. The van der Waals surface area contributed by atoms with Gasteiger partial charge in [0, 0.05) is 24.2 Å². The highest BCUT2D eigenvalue weighted by atomic mass is 31.2. The van der Waals surface area contributed by atoms with Crippen LogP contribution in [0.4, 0.5) is 4.39 Å². The number of aromatic amines is 1. The highest BCUT2D eigenvalue weighted by Gasteiger charge is 2.46. The first kappa shape index (κ1) is 25.7. The number of hydrogen-bond acceptors (Lipinski definition) is 7. The zero-order valence-electron chi connectivity index (χ0n) is 20.0. The van der Waals surface area contributed by atoms with E-state index in [-0.39, 0.29) is 48.2 Å². The van der Waals surface area contributed by atoms with Crippen LogP contribution in [-0.4, -0.2) is 50.1 Å². The monoisotopic (exact) mass is 481 g/mol. The van der Waals surface area contributed by atoms with Crippen molar-refractivity contribution in [1.29, 1.82) is 5.26 Å². The van der Waals surface area contributed by atoms with Crippen molar-refractivity contribution in [3.8, 4) is 6.07 Å². The van der Waals surface area contributed by atoms with E-state index in [2.05, 4.69) is 48.4 Å². The second-order valence-corrected chi connectivity index (χ2v) is 10.2. The van der Waals surface area contributed by atoms with Crippen molar-refractivity contribution in [3.63, 3.8) is 0 Å². The van der Waals surface area contributed by atoms with Gasteiger partial charge in [0.2, 0.25) is 0 Å². The Morgan fingerprint density at radius 3 is 2.70 bits per heavy atom. The van der Waals surface area contributed by atoms with Crippen molar-refractivity contribution >= 4 is 19.6 Å². The second-order valence-electron chi connectivity index (χ2n) is 8.76. The Labute approximate surface area is 194 Å². The van der Waals surface area contributed by atoms with Crippen LogP contribution in [0, 0.1) is 23.1 Å². The van der Waals surface area contributed by atoms with Gasteiger partial charge in [0.25, 0.3) is 14.1 Å². The fourth-order valence-corrected chi connectivity index (χ4v) is 6.14. The summed E-state index contributed by atoms with van der Waals surface area (Å²) in [6, 6.07) is 2.38. The molecule has 3 rings (SSSR count). The maximum atomic E-state index is 14.7. The average molecular weight is 482 g/mol. The first-order chi connectivity index (χ1) is 15.7. The molecule has 1 aliphatic heterocycles. The van der Waals surface area contributed by atoms with E-state index in [9.17, 15) is 9.18 Å². The predicted molar refractivity (Wildman–Crippen MR) is 124 cm³/mol. The van der Waals surface area contributed by atoms with Crippen molar-refractivity contribution in [2.24, 2.45) is 5.92 Å². The minimum Gasteiger partial charge on any atom is -0.352 e. The summed E-state index contributed by atoms with van der Waals surface area (Å²) in [4.78, 5) is 18.8. The topological polar surface area (TPSA) is 105 Å². The molecule has 1 saturated heterocycles. The molecule has 3 heterocycles. The summed E-state index contributed by atoms with van der Waals surface area (Å²) in [6.45, 7) is 12.6. The Kier molecular flexibility index (Phi) is 8.59. The van der Waals surface area contributed by atoms with Gasteiger partial charge in [-0.25, -0.2) is 14.0 Å². The largest absolute Gasteiger partial charge is 0.352 e. The zero-order valence-corrected chi connectivity index (χ0v) is 20.9. The van der Waals surface area contributed by atoms with Crippen molar-refractivity contribution in [3.05, 3.63) is 28.7 Å². The quantitative estimate of drug-likeness (QED) is 0.394. The molecule has 1 aliphatic rings. The highest BCUT2D eigenvalue weighted by Crippen LogP contribution is 2.52. The van der Waals surface area contributed by atoms with E-state index in [0.717, 1.165) is 6.42 Å². The molecule has 0 radical (unpaired) electrons. The van der Waals surface area contributed by atoms with Gasteiger partial charge in [-0.2, -0.15) is 5.26 Å². The average Bonchev–Trinajstić information content (AvgIpc) is 3.25. The van der Waals surface area contributed by atoms with Crippen molar-refractivity contribution in [2.75, 3.05) is 6.61 Å². The van der Waals surface area contributed by atoms with E-state index in [1.165, 1.54) is 12.5 Å². The number of nitrogens with zero attached hydrogens (tertiary/aromatic N) is 4. The maximum absolute atomic E-state index is 14.7. The highest BCUT2D eigenvalue weighted by molar-refractivity contribution is 7.44. The molecule has 33 heavy (non-hydrogen) atoms. The number of nitrogens with one attached hydrogen (secondary N) is 1. The van der Waals surface area contributed by atoms with Crippen molar-refractivity contribution < 1.29 is 18.2 Å². The smallest absolute Gasteiger partial charge is 0.263 e. The van der Waals surface area contributed by atoms with Crippen LogP contribution in [0.1, 0.15) is 60.6 Å². The number of rotatable bonds is 10. The lowest BCUT2D eigenvalue weighted by molar-refractivity contribution is -0.0324. The minimum absolute atomic E-state index is 0.0201. The van der Waals surface area contributed by atoms with Crippen LogP contribution in [0.5, 0.6) is 0 Å². The van der Waals surface area contributed by atoms with E-state index in [1.54, 1.807) is 4.57 Å². The lowest BCUT2D eigenvalue weighted by Crippen LogP contribution is -2.36. The molecule has 0 saturated carbocycles. The van der Waals surface area contributed by atoms with Crippen LogP contribution in [0.25, 0.3) is 11.0 Å². The van der Waals surface area contributed by atoms with Crippen LogP contribution in [0.15, 0.2) is 17.3 Å². The van der Waals surface area contributed by atoms with Gasteiger partial charge in [-0.3, -0.25) is 4.79 Å². The molecule has 0 aliphatic carbocycles. The summed E-state index contributed by atoms with van der Waals surface area (Å²) in [5, 5.41) is 8.87. The molecule has 2 aromatic heterocycles. The molecule has 5 atom stereocenters. The number of halogens is 1. The molecule has 0 amide bonds. The summed E-state index contributed by atoms with van der Waals surface area (Å²) in [7, 11) is -1.53. The third kappa shape index (κ3) is 5.28. The van der Waals surface area contributed by atoms with Crippen LogP contribution in [0.3, 0.4) is 0 Å². The molecule has 1 unspecified atom stereocenters. The van der Waals surface area contributed by atoms with Crippen molar-refractivity contribution in [2.45, 2.75) is 84.9 Å². The second kappa shape index (κ2) is 11.0. The molecule has 9 nitrogen and oxygen atoms in total. The van der Waals surface area contributed by atoms with E-state index < -0.39 is 32.2 Å². The van der Waals surface area contributed by atoms with Gasteiger partial charge in [0.1, 0.15) is 11.5 Å². The fraction of sp³-hybridized carbons (Fsp3) is 0.682. The Hall–Kier alpha value is -1.89. The normalized spacial score (nSPS) is 24.3. The van der Waals surface area contributed by atoms with Gasteiger partial charge in [-0.15, -0.1) is 0 Å². The fourth-order valence-electron chi connectivity index (χ4n) is 4.33. The van der Waals surface area contributed by atoms with Gasteiger partial charge in [0.05, 0.1) is 31.5 Å². The zero-order chi connectivity index (χ0) is 24.3. The van der Waals surface area contributed by atoms with Gasteiger partial charge >= 0.3 is 0 Å². The summed E-state index contributed by atoms with van der Waals surface area (Å²) in [6.07, 6.45) is 2.23. The Balaban J connectivity index is 2.01. The van der Waals surface area contributed by atoms with Crippen LogP contribution in [-0.2, 0) is 13.8 Å². The number of fused-ring (bicyclic) bond motifs is 1. The van der Waals surface area contributed by atoms with E-state index >= 15 is 0 Å². The number of H-pyrrole nitrogens is 1. The lowest BCUT2D eigenvalue weighted by atomic mass is 9.99. The molecule has 11 heteroatoms. The number of ether oxygens (including phenoxy) is 1. The van der Waals surface area contributed by atoms with Crippen LogP contribution >= 0.6 is 8.53 Å². The molecule has 0 spiro atoms. The Morgan fingerprint density at radius 2 is 2.09 bits per heavy atom. The standard InChI is InChI=1S/C22H33FN5O4P/c1-7-17-15(6)19(32-33(30-10-8-9-24)28(13(2)3)14(4)5)22(31-17)27-11-16(23)18-20(27)25-12-26-21(18)29/h11-15,17,19,22H,7-8,10H2,1-6H3,(H,25,26,29)/t15-,17-,19-,22-,33?/m1/s1. The van der Waals surface area contributed by atoms with Crippen LogP contribution < -0.4 is 5.56 Å². The van der Waals surface area contributed by atoms with Gasteiger partial charge < -0.3 is 23.3 Å². The number of nitriles is 1. The third-order valence-electron chi connectivity index (χ3n) is 5.82. The molecule has 0 bridgehead atoms. The maximum Gasteiger partial charge on any atom is 0.263 e. The number of aromatic nitrogens is 3. The minimum atomic E-state index is -1.53. The molecule has 1 fully saturated rings. The van der Waals surface area contributed by atoms with E-state index in [1.807, 2.05) is 13.8 Å². The van der Waals surface area contributed by atoms with Gasteiger partial charge in [-0.1, -0.05) is 13.8 Å². The van der Waals surface area contributed by atoms with Crippen LogP contribution in [0.2, 0.25) is 0 Å². The number of hydrogen-bond donors (Lipinski definition) is 1. The molecule has 0 aromatic carbocycles. The SMILES string of the molecule is CC[C@H]1O[C@@H](n2cc(F)c3c(=O)[nH]cnc32)[C@H](OP(OCCC#N)N(C(C)C)C(C)C)[C@@H]1C. The lowest BCUT2D eigenvalue weighted by Gasteiger charge is -2.38. The van der Waals surface area contributed by atoms with Gasteiger partial charge in [0.15, 0.2) is 17.7 Å². The van der Waals surface area contributed by atoms with E-state index in [0.29, 0.717) is 0 Å². The summed E-state index contributed by atoms with van der Waals surface area (Å²) in [5.74, 6) is -0.680. The molecule has 182 valence electrons. The molecule has 1 N–H and O–H groups in total. The predicted octanol–water partition coefficient (Wildman–Crippen LogP) is 4.47. The molecular formula is C22H33FN5O4P. The summed E-state index contributed by atoms with van der Waals surface area (Å²) >= 11 is 0. The first-order valence-corrected chi connectivity index (χ1v) is 12.5. The Morgan fingerprint density at radius 1 is 1.39 bits per heavy atom. The van der Waals surface area contributed by atoms with Crippen molar-refractivity contribution in [1.82, 2.24) is 19.2 Å².